The van der Waals surface area contributed by atoms with Gasteiger partial charge in [-0.2, -0.15) is 4.98 Å². The summed E-state index contributed by atoms with van der Waals surface area (Å²) in [7, 11) is 1.39. The molecule has 21 heavy (non-hydrogen) atoms. The zero-order chi connectivity index (χ0) is 14.8. The van der Waals surface area contributed by atoms with Crippen LogP contribution in [-0.4, -0.2) is 22.2 Å². The molecular formula is C14H11FN4O2. The Labute approximate surface area is 119 Å². The first kappa shape index (κ1) is 13.0. The minimum Gasteiger partial charge on any atom is -0.494 e. The lowest BCUT2D eigenvalue weighted by molar-refractivity contribution is 0.386. The number of aromatic nitrogens is 3. The molecule has 2 heterocycles. The van der Waals surface area contributed by atoms with Crippen molar-refractivity contribution < 1.29 is 13.7 Å². The van der Waals surface area contributed by atoms with Gasteiger partial charge in [0.1, 0.15) is 0 Å². The first-order valence-electron chi connectivity index (χ1n) is 6.06. The van der Waals surface area contributed by atoms with Gasteiger partial charge in [0, 0.05) is 11.8 Å². The van der Waals surface area contributed by atoms with E-state index in [1.807, 2.05) is 0 Å². The summed E-state index contributed by atoms with van der Waals surface area (Å²) in [5, 5.41) is 3.87. The molecule has 6 nitrogen and oxygen atoms in total. The Balaban J connectivity index is 2.01. The molecule has 7 heteroatoms. The normalized spacial score (nSPS) is 10.6. The molecule has 1 aromatic carbocycles. The van der Waals surface area contributed by atoms with Crippen molar-refractivity contribution in [3.05, 3.63) is 42.5 Å². The molecular weight excluding hydrogens is 275 g/mol. The highest BCUT2D eigenvalue weighted by molar-refractivity contribution is 5.70. The fourth-order valence-corrected chi connectivity index (χ4v) is 1.85. The fourth-order valence-electron chi connectivity index (χ4n) is 1.85. The van der Waals surface area contributed by atoms with Gasteiger partial charge < -0.3 is 15.0 Å². The topological polar surface area (TPSA) is 87.1 Å². The van der Waals surface area contributed by atoms with E-state index in [9.17, 15) is 4.39 Å². The van der Waals surface area contributed by atoms with Gasteiger partial charge in [0.25, 0.3) is 5.89 Å². The Morgan fingerprint density at radius 2 is 2.14 bits per heavy atom. The molecule has 3 aromatic rings. The van der Waals surface area contributed by atoms with Crippen molar-refractivity contribution in [2.45, 2.75) is 0 Å². The van der Waals surface area contributed by atoms with Crippen molar-refractivity contribution in [1.29, 1.82) is 0 Å². The number of nitrogens with two attached hydrogens (primary N) is 1. The largest absolute Gasteiger partial charge is 0.494 e. The molecule has 0 spiro atoms. The van der Waals surface area contributed by atoms with Gasteiger partial charge in [-0.3, -0.25) is 4.98 Å². The monoisotopic (exact) mass is 286 g/mol. The molecule has 0 bridgehead atoms. The SMILES string of the molecule is COc1cc(-c2noc(-c3ccncc3N)n2)ccc1F. The van der Waals surface area contributed by atoms with Crippen LogP contribution in [0.5, 0.6) is 5.75 Å². The molecule has 0 atom stereocenters. The zero-order valence-electron chi connectivity index (χ0n) is 11.1. The number of rotatable bonds is 3. The molecule has 0 saturated heterocycles. The van der Waals surface area contributed by atoms with Gasteiger partial charge in [0.2, 0.25) is 5.82 Å². The predicted octanol–water partition coefficient (Wildman–Crippen LogP) is 2.53. The van der Waals surface area contributed by atoms with Crippen LogP contribution in [0.25, 0.3) is 22.8 Å². The quantitative estimate of drug-likeness (QED) is 0.796. The van der Waals surface area contributed by atoms with E-state index in [2.05, 4.69) is 15.1 Å². The number of hydrogen-bond donors (Lipinski definition) is 1. The highest BCUT2D eigenvalue weighted by atomic mass is 19.1. The molecule has 0 radical (unpaired) electrons. The number of ether oxygens (including phenoxy) is 1. The highest BCUT2D eigenvalue weighted by Gasteiger charge is 2.14. The summed E-state index contributed by atoms with van der Waals surface area (Å²) in [4.78, 5) is 8.15. The minimum absolute atomic E-state index is 0.113. The summed E-state index contributed by atoms with van der Waals surface area (Å²) in [5.74, 6) is 0.248. The van der Waals surface area contributed by atoms with Gasteiger partial charge in [0.15, 0.2) is 11.6 Å². The number of methoxy groups -OCH3 is 1. The number of benzene rings is 1. The lowest BCUT2D eigenvalue weighted by Crippen LogP contribution is -1.91. The molecule has 0 aliphatic carbocycles. The van der Waals surface area contributed by atoms with E-state index in [0.717, 1.165) is 0 Å². The van der Waals surface area contributed by atoms with Crippen LogP contribution in [0.2, 0.25) is 0 Å². The van der Waals surface area contributed by atoms with Crippen LogP contribution >= 0.6 is 0 Å². The Kier molecular flexibility index (Phi) is 3.23. The van der Waals surface area contributed by atoms with E-state index < -0.39 is 5.82 Å². The fraction of sp³-hybridized carbons (Fsp3) is 0.0714. The molecule has 0 fully saturated rings. The third kappa shape index (κ3) is 2.40. The predicted molar refractivity (Wildman–Crippen MR) is 73.9 cm³/mol. The molecule has 106 valence electrons. The highest BCUT2D eigenvalue weighted by Crippen LogP contribution is 2.28. The smallest absolute Gasteiger partial charge is 0.260 e. The van der Waals surface area contributed by atoms with Crippen LogP contribution in [0, 0.1) is 5.82 Å². The Hall–Kier alpha value is -2.96. The second-order valence-electron chi connectivity index (χ2n) is 4.24. The van der Waals surface area contributed by atoms with Crippen molar-refractivity contribution in [2.24, 2.45) is 0 Å². The van der Waals surface area contributed by atoms with E-state index >= 15 is 0 Å². The van der Waals surface area contributed by atoms with Gasteiger partial charge in [-0.25, -0.2) is 4.39 Å². The van der Waals surface area contributed by atoms with Gasteiger partial charge in [-0.05, 0) is 24.3 Å². The molecule has 0 amide bonds. The number of pyridine rings is 1. The lowest BCUT2D eigenvalue weighted by atomic mass is 10.2. The van der Waals surface area contributed by atoms with E-state index in [4.69, 9.17) is 15.0 Å². The average molecular weight is 286 g/mol. The third-order valence-electron chi connectivity index (χ3n) is 2.92. The summed E-state index contributed by atoms with van der Waals surface area (Å²) in [6.07, 6.45) is 3.08. The molecule has 2 aromatic heterocycles. The van der Waals surface area contributed by atoms with Crippen molar-refractivity contribution in [3.8, 4) is 28.6 Å². The van der Waals surface area contributed by atoms with Crippen molar-refractivity contribution in [1.82, 2.24) is 15.1 Å². The number of hydrogen-bond acceptors (Lipinski definition) is 6. The Morgan fingerprint density at radius 1 is 1.29 bits per heavy atom. The molecule has 0 saturated carbocycles. The average Bonchev–Trinajstić information content (AvgIpc) is 2.98. The third-order valence-corrected chi connectivity index (χ3v) is 2.92. The van der Waals surface area contributed by atoms with Crippen LogP contribution in [-0.2, 0) is 0 Å². The standard InChI is InChI=1S/C14H11FN4O2/c1-20-12-6-8(2-3-10(12)15)13-18-14(21-19-13)9-4-5-17-7-11(9)16/h2-7H,16H2,1H3. The van der Waals surface area contributed by atoms with Crippen molar-refractivity contribution in [3.63, 3.8) is 0 Å². The van der Waals surface area contributed by atoms with E-state index in [1.54, 1.807) is 18.3 Å². The summed E-state index contributed by atoms with van der Waals surface area (Å²) in [5.41, 5.74) is 7.42. The van der Waals surface area contributed by atoms with E-state index in [1.165, 1.54) is 25.4 Å². The first-order valence-corrected chi connectivity index (χ1v) is 6.06. The van der Waals surface area contributed by atoms with Gasteiger partial charge >= 0.3 is 0 Å². The van der Waals surface area contributed by atoms with Crippen LogP contribution in [0.3, 0.4) is 0 Å². The number of nitrogen functional groups attached to an aromatic ring is 1. The van der Waals surface area contributed by atoms with Crippen LogP contribution in [0.1, 0.15) is 0 Å². The van der Waals surface area contributed by atoms with Gasteiger partial charge in [-0.15, -0.1) is 0 Å². The number of anilines is 1. The van der Waals surface area contributed by atoms with Crippen LogP contribution in [0.15, 0.2) is 41.2 Å². The number of nitrogens with zero attached hydrogens (tertiary/aromatic N) is 3. The van der Waals surface area contributed by atoms with Gasteiger partial charge in [-0.1, -0.05) is 5.16 Å². The lowest BCUT2D eigenvalue weighted by Gasteiger charge is -2.02. The first-order chi connectivity index (χ1) is 10.2. The Morgan fingerprint density at radius 3 is 2.90 bits per heavy atom. The summed E-state index contributed by atoms with van der Waals surface area (Å²) in [6.45, 7) is 0. The van der Waals surface area contributed by atoms with Crippen LogP contribution in [0.4, 0.5) is 10.1 Å². The maximum Gasteiger partial charge on any atom is 0.260 e. The molecule has 0 aliphatic rings. The summed E-state index contributed by atoms with van der Waals surface area (Å²) < 4.78 is 23.5. The van der Waals surface area contributed by atoms with Crippen molar-refractivity contribution >= 4 is 5.69 Å². The maximum absolute atomic E-state index is 13.4. The van der Waals surface area contributed by atoms with E-state index in [0.29, 0.717) is 22.6 Å². The molecule has 3 rings (SSSR count). The molecule has 0 aliphatic heterocycles. The van der Waals surface area contributed by atoms with Crippen LogP contribution < -0.4 is 10.5 Å². The zero-order valence-corrected chi connectivity index (χ0v) is 11.1. The Bertz CT molecular complexity index is 788. The van der Waals surface area contributed by atoms with Gasteiger partial charge in [0.05, 0.1) is 24.6 Å². The maximum atomic E-state index is 13.4. The van der Waals surface area contributed by atoms with Crippen molar-refractivity contribution in [2.75, 3.05) is 12.8 Å². The minimum atomic E-state index is -0.455. The summed E-state index contributed by atoms with van der Waals surface area (Å²) in [6, 6.07) is 6.01. The second kappa shape index (κ2) is 5.20. The molecule has 2 N–H and O–H groups in total. The summed E-state index contributed by atoms with van der Waals surface area (Å²) >= 11 is 0. The second-order valence-corrected chi connectivity index (χ2v) is 4.24. The number of halogens is 1. The van der Waals surface area contributed by atoms with E-state index in [-0.39, 0.29) is 11.6 Å². The molecule has 0 unspecified atom stereocenters.